The molecular formula is C25H33N3O4. The van der Waals surface area contributed by atoms with Crippen LogP contribution < -0.4 is 20.1 Å². The molecule has 2 amide bonds. The number of anilines is 1. The number of rotatable bonds is 9. The Hall–Kier alpha value is -3.06. The Morgan fingerprint density at radius 3 is 2.59 bits per heavy atom. The topological polar surface area (TPSA) is 79.9 Å². The van der Waals surface area contributed by atoms with Gasteiger partial charge in [-0.2, -0.15) is 0 Å². The van der Waals surface area contributed by atoms with Gasteiger partial charge in [0.2, 0.25) is 0 Å². The molecule has 0 aliphatic carbocycles. The Labute approximate surface area is 190 Å². The van der Waals surface area contributed by atoms with E-state index in [9.17, 15) is 9.59 Å². The van der Waals surface area contributed by atoms with Crippen LogP contribution in [0.5, 0.6) is 11.5 Å². The first-order valence-electron chi connectivity index (χ1n) is 11.0. The predicted octanol–water partition coefficient (Wildman–Crippen LogP) is 3.56. The third-order valence-corrected chi connectivity index (χ3v) is 5.53. The van der Waals surface area contributed by atoms with Crippen molar-refractivity contribution in [3.8, 4) is 11.5 Å². The molecule has 1 heterocycles. The summed E-state index contributed by atoms with van der Waals surface area (Å²) in [5.41, 5.74) is 1.55. The summed E-state index contributed by atoms with van der Waals surface area (Å²) >= 11 is 0. The van der Waals surface area contributed by atoms with E-state index in [0.717, 1.165) is 19.6 Å². The van der Waals surface area contributed by atoms with Gasteiger partial charge in [0.1, 0.15) is 11.5 Å². The molecule has 3 rings (SSSR count). The Kier molecular flexibility index (Phi) is 8.11. The maximum atomic E-state index is 12.4. The van der Waals surface area contributed by atoms with Crippen molar-refractivity contribution in [1.29, 1.82) is 0 Å². The van der Waals surface area contributed by atoms with Crippen molar-refractivity contribution in [2.75, 3.05) is 45.2 Å². The van der Waals surface area contributed by atoms with Crippen molar-refractivity contribution in [3.05, 3.63) is 54.1 Å². The number of benzene rings is 2. The highest BCUT2D eigenvalue weighted by Gasteiger charge is 2.25. The summed E-state index contributed by atoms with van der Waals surface area (Å²) < 4.78 is 10.7. The van der Waals surface area contributed by atoms with E-state index >= 15 is 0 Å². The van der Waals surface area contributed by atoms with E-state index in [1.165, 1.54) is 12.8 Å². The highest BCUT2D eigenvalue weighted by molar-refractivity contribution is 5.94. The Morgan fingerprint density at radius 2 is 1.88 bits per heavy atom. The average Bonchev–Trinajstić information content (AvgIpc) is 2.77. The maximum Gasteiger partial charge on any atom is 0.262 e. The van der Waals surface area contributed by atoms with E-state index in [4.69, 9.17) is 9.47 Å². The highest BCUT2D eigenvalue weighted by atomic mass is 16.5. The SMILES string of the molecule is COc1cccc(NC(=O)COc2ccc(C(=O)NCCN3CCCC(C)(C)C3)cc2)c1. The van der Waals surface area contributed by atoms with E-state index in [0.29, 0.717) is 34.7 Å². The van der Waals surface area contributed by atoms with Crippen molar-refractivity contribution in [1.82, 2.24) is 10.2 Å². The summed E-state index contributed by atoms with van der Waals surface area (Å²) in [6, 6.07) is 13.9. The fraction of sp³-hybridized carbons (Fsp3) is 0.440. The minimum absolute atomic E-state index is 0.108. The van der Waals surface area contributed by atoms with Gasteiger partial charge in [-0.05, 0) is 61.2 Å². The highest BCUT2D eigenvalue weighted by Crippen LogP contribution is 2.27. The maximum absolute atomic E-state index is 12.4. The van der Waals surface area contributed by atoms with Gasteiger partial charge >= 0.3 is 0 Å². The van der Waals surface area contributed by atoms with Gasteiger partial charge in [0.05, 0.1) is 7.11 Å². The van der Waals surface area contributed by atoms with Crippen molar-refractivity contribution in [2.24, 2.45) is 5.41 Å². The zero-order chi connectivity index (χ0) is 23.0. The molecule has 2 aromatic carbocycles. The fourth-order valence-electron chi connectivity index (χ4n) is 3.91. The summed E-state index contributed by atoms with van der Waals surface area (Å²) in [6.07, 6.45) is 2.47. The number of nitrogens with one attached hydrogen (secondary N) is 2. The molecule has 1 fully saturated rings. The van der Waals surface area contributed by atoms with E-state index in [2.05, 4.69) is 29.4 Å². The second-order valence-corrected chi connectivity index (χ2v) is 8.89. The summed E-state index contributed by atoms with van der Waals surface area (Å²) in [6.45, 7) is 8.11. The number of carbonyl (C=O) groups is 2. The van der Waals surface area contributed by atoms with Crippen LogP contribution in [-0.2, 0) is 4.79 Å². The molecule has 1 aliphatic heterocycles. The van der Waals surface area contributed by atoms with Crippen LogP contribution in [0.3, 0.4) is 0 Å². The quantitative estimate of drug-likeness (QED) is 0.625. The van der Waals surface area contributed by atoms with Gasteiger partial charge in [0.25, 0.3) is 11.8 Å². The second-order valence-electron chi connectivity index (χ2n) is 8.89. The Balaban J connectivity index is 1.40. The number of carbonyl (C=O) groups excluding carboxylic acids is 2. The number of likely N-dealkylation sites (tertiary alicyclic amines) is 1. The molecule has 32 heavy (non-hydrogen) atoms. The number of ether oxygens (including phenoxy) is 2. The number of amides is 2. The average molecular weight is 440 g/mol. The molecule has 0 bridgehead atoms. The van der Waals surface area contributed by atoms with Crippen LogP contribution in [0.15, 0.2) is 48.5 Å². The third kappa shape index (κ3) is 7.27. The lowest BCUT2D eigenvalue weighted by molar-refractivity contribution is -0.118. The first kappa shape index (κ1) is 23.6. The zero-order valence-electron chi connectivity index (χ0n) is 19.1. The van der Waals surface area contributed by atoms with Gasteiger partial charge in [-0.15, -0.1) is 0 Å². The van der Waals surface area contributed by atoms with E-state index in [1.807, 2.05) is 0 Å². The molecular weight excluding hydrogens is 406 g/mol. The van der Waals surface area contributed by atoms with Crippen molar-refractivity contribution < 1.29 is 19.1 Å². The van der Waals surface area contributed by atoms with Crippen molar-refractivity contribution in [2.45, 2.75) is 26.7 Å². The smallest absolute Gasteiger partial charge is 0.262 e. The summed E-state index contributed by atoms with van der Waals surface area (Å²) in [4.78, 5) is 26.9. The van der Waals surface area contributed by atoms with Crippen LogP contribution in [0.2, 0.25) is 0 Å². The minimum Gasteiger partial charge on any atom is -0.497 e. The lowest BCUT2D eigenvalue weighted by Crippen LogP contribution is -2.43. The predicted molar refractivity (Wildman–Crippen MR) is 125 cm³/mol. The van der Waals surface area contributed by atoms with Gasteiger partial charge in [-0.1, -0.05) is 19.9 Å². The number of hydrogen-bond donors (Lipinski definition) is 2. The number of methoxy groups -OCH3 is 1. The third-order valence-electron chi connectivity index (χ3n) is 5.53. The van der Waals surface area contributed by atoms with Gasteiger partial charge in [-0.3, -0.25) is 9.59 Å². The van der Waals surface area contributed by atoms with Crippen molar-refractivity contribution >= 4 is 17.5 Å². The first-order valence-corrected chi connectivity index (χ1v) is 11.0. The van der Waals surface area contributed by atoms with E-state index in [1.54, 1.807) is 55.6 Å². The van der Waals surface area contributed by atoms with Crippen LogP contribution >= 0.6 is 0 Å². The number of piperidine rings is 1. The second kappa shape index (κ2) is 11.0. The lowest BCUT2D eigenvalue weighted by atomic mass is 9.84. The van der Waals surface area contributed by atoms with Crippen molar-refractivity contribution in [3.63, 3.8) is 0 Å². The van der Waals surface area contributed by atoms with Gasteiger partial charge < -0.3 is 25.0 Å². The molecule has 0 spiro atoms. The first-order chi connectivity index (χ1) is 15.3. The van der Waals surface area contributed by atoms with Gasteiger partial charge in [0, 0.05) is 37.0 Å². The van der Waals surface area contributed by atoms with Crippen LogP contribution in [0.1, 0.15) is 37.0 Å². The van der Waals surface area contributed by atoms with Crippen LogP contribution in [0, 0.1) is 5.41 Å². The summed E-state index contributed by atoms with van der Waals surface area (Å²) in [7, 11) is 1.57. The summed E-state index contributed by atoms with van der Waals surface area (Å²) in [5, 5.41) is 5.74. The zero-order valence-corrected chi connectivity index (χ0v) is 19.1. The van der Waals surface area contributed by atoms with Gasteiger partial charge in [0.15, 0.2) is 6.61 Å². The molecule has 0 unspecified atom stereocenters. The Bertz CT molecular complexity index is 912. The minimum atomic E-state index is -0.277. The molecule has 7 heteroatoms. The van der Waals surface area contributed by atoms with Crippen LogP contribution in [0.25, 0.3) is 0 Å². The number of hydrogen-bond acceptors (Lipinski definition) is 5. The normalized spacial score (nSPS) is 15.6. The molecule has 7 nitrogen and oxygen atoms in total. The molecule has 2 N–H and O–H groups in total. The molecule has 2 aromatic rings. The van der Waals surface area contributed by atoms with Crippen LogP contribution in [-0.4, -0.2) is 56.6 Å². The van der Waals surface area contributed by atoms with E-state index < -0.39 is 0 Å². The van der Waals surface area contributed by atoms with E-state index in [-0.39, 0.29) is 18.4 Å². The fourth-order valence-corrected chi connectivity index (χ4v) is 3.91. The standard InChI is InChI=1S/C25H33N3O4/c1-25(2)12-5-14-28(18-25)15-13-26-24(30)19-8-10-21(11-9-19)32-17-23(29)27-20-6-4-7-22(16-20)31-3/h4,6-11,16H,5,12-15,17-18H2,1-3H3,(H,26,30)(H,27,29). The molecule has 1 aliphatic rings. The van der Waals surface area contributed by atoms with Gasteiger partial charge in [-0.25, -0.2) is 0 Å². The molecule has 0 radical (unpaired) electrons. The Morgan fingerprint density at radius 1 is 1.09 bits per heavy atom. The molecule has 1 saturated heterocycles. The molecule has 0 atom stereocenters. The monoisotopic (exact) mass is 439 g/mol. The number of nitrogens with zero attached hydrogens (tertiary/aromatic N) is 1. The lowest BCUT2D eigenvalue weighted by Gasteiger charge is -2.38. The molecule has 172 valence electrons. The molecule has 0 aromatic heterocycles. The summed E-state index contributed by atoms with van der Waals surface area (Å²) in [5.74, 6) is 0.805. The van der Waals surface area contributed by atoms with Crippen LogP contribution in [0.4, 0.5) is 5.69 Å². The molecule has 0 saturated carbocycles. The largest absolute Gasteiger partial charge is 0.497 e.